The van der Waals surface area contributed by atoms with E-state index in [1.54, 1.807) is 48.3 Å². The van der Waals surface area contributed by atoms with Gasteiger partial charge in [0.25, 0.3) is 0 Å². The van der Waals surface area contributed by atoms with Crippen molar-refractivity contribution < 1.29 is 9.90 Å². The number of anilines is 1. The second-order valence-electron chi connectivity index (χ2n) is 7.35. The minimum absolute atomic E-state index is 0.193. The molecule has 4 aromatic rings. The zero-order valence-corrected chi connectivity index (χ0v) is 17.3. The highest BCUT2D eigenvalue weighted by molar-refractivity contribution is 5.94. The molecule has 0 saturated carbocycles. The average Bonchev–Trinajstić information content (AvgIpc) is 3.18. The number of fused-ring (bicyclic) bond motifs is 1. The van der Waals surface area contributed by atoms with Gasteiger partial charge in [-0.1, -0.05) is 18.2 Å². The van der Waals surface area contributed by atoms with Crippen molar-refractivity contribution in [1.29, 1.82) is 5.26 Å². The van der Waals surface area contributed by atoms with Crippen molar-refractivity contribution in [3.63, 3.8) is 0 Å². The van der Waals surface area contributed by atoms with Gasteiger partial charge >= 0.3 is 5.97 Å². The first-order valence-electron chi connectivity index (χ1n) is 9.68. The van der Waals surface area contributed by atoms with E-state index in [1.807, 2.05) is 26.0 Å². The third-order valence-electron chi connectivity index (χ3n) is 5.00. The largest absolute Gasteiger partial charge is 0.478 e. The van der Waals surface area contributed by atoms with Crippen LogP contribution < -0.4 is 5.32 Å². The van der Waals surface area contributed by atoms with Crippen molar-refractivity contribution in [2.45, 2.75) is 19.9 Å². The Balaban J connectivity index is 1.86. The summed E-state index contributed by atoms with van der Waals surface area (Å²) in [5.41, 5.74) is 4.96. The van der Waals surface area contributed by atoms with Crippen molar-refractivity contribution in [3.8, 4) is 17.5 Å². The Bertz CT molecular complexity index is 1350. The molecule has 0 radical (unpaired) electrons. The van der Waals surface area contributed by atoms with Gasteiger partial charge in [-0.3, -0.25) is 4.68 Å². The van der Waals surface area contributed by atoms with Gasteiger partial charge in [-0.05, 0) is 43.7 Å². The molecule has 8 heteroatoms. The highest BCUT2D eigenvalue weighted by atomic mass is 16.4. The van der Waals surface area contributed by atoms with Crippen LogP contribution in [0.3, 0.4) is 0 Å². The molecule has 0 aliphatic heterocycles. The van der Waals surface area contributed by atoms with Crippen molar-refractivity contribution in [3.05, 3.63) is 71.0 Å². The van der Waals surface area contributed by atoms with E-state index < -0.39 is 5.97 Å². The summed E-state index contributed by atoms with van der Waals surface area (Å²) in [6, 6.07) is 14.3. The fourth-order valence-electron chi connectivity index (χ4n) is 3.57. The maximum absolute atomic E-state index is 11.6. The molecule has 2 aromatic carbocycles. The molecule has 0 fully saturated rings. The van der Waals surface area contributed by atoms with Gasteiger partial charge in [-0.2, -0.15) is 10.4 Å². The standard InChI is InChI=1S/C23H20N6O2/c1-13-10-16(14(2)25-17-7-5-4-6-15(17)23(30)31)21-19(11-13)26-20(12-24)22(27-21)18-8-9-29(3)28-18/h4-11,14,25H,1-3H3,(H,30,31)/t14-/m1/s1. The van der Waals surface area contributed by atoms with Crippen LogP contribution in [0.25, 0.3) is 22.4 Å². The van der Waals surface area contributed by atoms with Crippen molar-refractivity contribution in [2.24, 2.45) is 7.05 Å². The van der Waals surface area contributed by atoms with Crippen LogP contribution in [0.15, 0.2) is 48.7 Å². The van der Waals surface area contributed by atoms with E-state index in [9.17, 15) is 15.2 Å². The van der Waals surface area contributed by atoms with Crippen LogP contribution in [-0.4, -0.2) is 30.8 Å². The van der Waals surface area contributed by atoms with Gasteiger partial charge in [-0.25, -0.2) is 14.8 Å². The summed E-state index contributed by atoms with van der Waals surface area (Å²) in [6.45, 7) is 3.88. The maximum Gasteiger partial charge on any atom is 0.337 e. The van der Waals surface area contributed by atoms with Crippen LogP contribution in [0.1, 0.15) is 40.1 Å². The van der Waals surface area contributed by atoms with Crippen LogP contribution in [0.4, 0.5) is 5.69 Å². The molecule has 0 amide bonds. The minimum Gasteiger partial charge on any atom is -0.478 e. The van der Waals surface area contributed by atoms with E-state index in [-0.39, 0.29) is 17.3 Å². The second-order valence-corrected chi connectivity index (χ2v) is 7.35. The summed E-state index contributed by atoms with van der Waals surface area (Å²) < 4.78 is 1.64. The molecule has 31 heavy (non-hydrogen) atoms. The Morgan fingerprint density at radius 3 is 2.68 bits per heavy atom. The molecular weight excluding hydrogens is 392 g/mol. The molecule has 8 nitrogen and oxygen atoms in total. The average molecular weight is 412 g/mol. The smallest absolute Gasteiger partial charge is 0.337 e. The number of nitrogens with one attached hydrogen (secondary N) is 1. The van der Waals surface area contributed by atoms with Gasteiger partial charge in [0, 0.05) is 24.5 Å². The van der Waals surface area contributed by atoms with Crippen molar-refractivity contribution in [2.75, 3.05) is 5.32 Å². The minimum atomic E-state index is -1.000. The van der Waals surface area contributed by atoms with E-state index in [0.29, 0.717) is 28.1 Å². The summed E-state index contributed by atoms with van der Waals surface area (Å²) in [5, 5.41) is 26.8. The number of hydrogen-bond donors (Lipinski definition) is 2. The van der Waals surface area contributed by atoms with Crippen LogP contribution in [0, 0.1) is 18.3 Å². The Hall–Kier alpha value is -4.25. The lowest BCUT2D eigenvalue weighted by molar-refractivity contribution is 0.0698. The SMILES string of the molecule is Cc1cc([C@@H](C)Nc2ccccc2C(=O)O)c2nc(-c3ccn(C)n3)c(C#N)nc2c1. The number of carbonyl (C=O) groups is 1. The summed E-state index contributed by atoms with van der Waals surface area (Å²) in [4.78, 5) is 20.9. The predicted octanol–water partition coefficient (Wildman–Crippen LogP) is 4.08. The topological polar surface area (TPSA) is 117 Å². The lowest BCUT2D eigenvalue weighted by Crippen LogP contribution is -2.12. The quantitative estimate of drug-likeness (QED) is 0.507. The first-order valence-corrected chi connectivity index (χ1v) is 9.68. The van der Waals surface area contributed by atoms with Gasteiger partial charge < -0.3 is 10.4 Å². The van der Waals surface area contributed by atoms with Crippen LogP contribution in [-0.2, 0) is 7.05 Å². The number of carboxylic acids is 1. The zero-order chi connectivity index (χ0) is 22.1. The molecule has 0 unspecified atom stereocenters. The fraction of sp³-hybridized carbons (Fsp3) is 0.174. The summed E-state index contributed by atoms with van der Waals surface area (Å²) in [6.07, 6.45) is 1.78. The molecule has 154 valence electrons. The van der Waals surface area contributed by atoms with Crippen LogP contribution >= 0.6 is 0 Å². The van der Waals surface area contributed by atoms with Gasteiger partial charge in [0.1, 0.15) is 17.5 Å². The summed E-state index contributed by atoms with van der Waals surface area (Å²) >= 11 is 0. The molecule has 2 heterocycles. The molecule has 2 N–H and O–H groups in total. The molecule has 0 saturated heterocycles. The Morgan fingerprint density at radius 2 is 2.00 bits per heavy atom. The molecule has 0 aliphatic rings. The fourth-order valence-corrected chi connectivity index (χ4v) is 3.57. The van der Waals surface area contributed by atoms with Gasteiger partial charge in [0.05, 0.1) is 22.6 Å². The van der Waals surface area contributed by atoms with E-state index >= 15 is 0 Å². The van der Waals surface area contributed by atoms with Crippen LogP contribution in [0.5, 0.6) is 0 Å². The molecule has 0 bridgehead atoms. The molecular formula is C23H20N6O2. The normalized spacial score (nSPS) is 11.8. The lowest BCUT2D eigenvalue weighted by atomic mass is 10.0. The maximum atomic E-state index is 11.6. The van der Waals surface area contributed by atoms with E-state index in [0.717, 1.165) is 11.1 Å². The zero-order valence-electron chi connectivity index (χ0n) is 17.3. The lowest BCUT2D eigenvalue weighted by Gasteiger charge is -2.19. The van der Waals surface area contributed by atoms with E-state index in [4.69, 9.17) is 4.98 Å². The Kier molecular flexibility index (Phi) is 5.09. The number of benzene rings is 2. The number of aromatic carboxylic acids is 1. The summed E-state index contributed by atoms with van der Waals surface area (Å²) in [5.74, 6) is -1.000. The molecule has 0 spiro atoms. The number of aromatic nitrogens is 4. The number of nitriles is 1. The van der Waals surface area contributed by atoms with Crippen molar-refractivity contribution >= 4 is 22.7 Å². The molecule has 2 aromatic heterocycles. The number of hydrogen-bond acceptors (Lipinski definition) is 6. The molecule has 0 aliphatic carbocycles. The number of nitrogens with zero attached hydrogens (tertiary/aromatic N) is 5. The van der Waals surface area contributed by atoms with Gasteiger partial charge in [-0.15, -0.1) is 0 Å². The first-order chi connectivity index (χ1) is 14.9. The Labute approximate surface area is 178 Å². The number of carboxylic acid groups (broad SMARTS) is 1. The predicted molar refractivity (Wildman–Crippen MR) is 117 cm³/mol. The number of aryl methyl sites for hydroxylation is 2. The van der Waals surface area contributed by atoms with Gasteiger partial charge in [0.2, 0.25) is 0 Å². The first kappa shape index (κ1) is 20.0. The van der Waals surface area contributed by atoms with Crippen LogP contribution in [0.2, 0.25) is 0 Å². The highest BCUT2D eigenvalue weighted by Gasteiger charge is 2.19. The number of rotatable bonds is 5. The molecule has 1 atom stereocenters. The number of para-hydroxylation sites is 1. The van der Waals surface area contributed by atoms with E-state index in [2.05, 4.69) is 21.5 Å². The third kappa shape index (κ3) is 3.81. The molecule has 4 rings (SSSR count). The second kappa shape index (κ2) is 7.88. The van der Waals surface area contributed by atoms with Gasteiger partial charge in [0.15, 0.2) is 5.69 Å². The van der Waals surface area contributed by atoms with E-state index in [1.165, 1.54) is 0 Å². The third-order valence-corrected chi connectivity index (χ3v) is 5.00. The van der Waals surface area contributed by atoms with Crippen molar-refractivity contribution in [1.82, 2.24) is 19.7 Å². The Morgan fingerprint density at radius 1 is 1.23 bits per heavy atom. The highest BCUT2D eigenvalue weighted by Crippen LogP contribution is 2.30. The summed E-state index contributed by atoms with van der Waals surface area (Å²) in [7, 11) is 1.80. The monoisotopic (exact) mass is 412 g/mol.